The summed E-state index contributed by atoms with van der Waals surface area (Å²) in [4.78, 5) is 0. The second-order valence-electron chi connectivity index (χ2n) is 6.00. The molecule has 1 unspecified atom stereocenters. The highest BCUT2D eigenvalue weighted by atomic mass is 79.9. The molecule has 1 aromatic rings. The third kappa shape index (κ3) is 3.64. The van der Waals surface area contributed by atoms with E-state index in [-0.39, 0.29) is 6.04 Å². The van der Waals surface area contributed by atoms with Gasteiger partial charge in [-0.05, 0) is 48.0 Å². The Morgan fingerprint density at radius 1 is 1.25 bits per heavy atom. The zero-order valence-corrected chi connectivity index (χ0v) is 14.5. The molecule has 2 rings (SSSR count). The quantitative estimate of drug-likeness (QED) is 0.820. The van der Waals surface area contributed by atoms with Crippen LogP contribution in [0.1, 0.15) is 63.8 Å². The molecule has 1 atom stereocenters. The van der Waals surface area contributed by atoms with Crippen molar-refractivity contribution in [1.82, 2.24) is 9.78 Å². The molecule has 1 saturated carbocycles. The fraction of sp³-hybridized carbons (Fsp3) is 0.812. The van der Waals surface area contributed by atoms with Crippen molar-refractivity contribution < 1.29 is 0 Å². The van der Waals surface area contributed by atoms with Gasteiger partial charge in [-0.3, -0.25) is 4.68 Å². The molecule has 0 bridgehead atoms. The summed E-state index contributed by atoms with van der Waals surface area (Å²) >= 11 is 3.73. The first-order chi connectivity index (χ1) is 9.67. The van der Waals surface area contributed by atoms with E-state index >= 15 is 0 Å². The monoisotopic (exact) mass is 341 g/mol. The Morgan fingerprint density at radius 3 is 2.45 bits per heavy atom. The van der Waals surface area contributed by atoms with Crippen LogP contribution >= 0.6 is 15.9 Å². The number of nitrogens with zero attached hydrogens (tertiary/aromatic N) is 2. The lowest BCUT2D eigenvalue weighted by Gasteiger charge is -2.22. The molecular formula is C16H28BrN3. The van der Waals surface area contributed by atoms with Gasteiger partial charge in [0.25, 0.3) is 0 Å². The summed E-state index contributed by atoms with van der Waals surface area (Å²) in [6, 6.07) is 0.274. The molecule has 0 aromatic carbocycles. The summed E-state index contributed by atoms with van der Waals surface area (Å²) in [5.41, 5.74) is 8.99. The molecule has 114 valence electrons. The van der Waals surface area contributed by atoms with Crippen LogP contribution in [0, 0.1) is 5.92 Å². The van der Waals surface area contributed by atoms with E-state index in [1.54, 1.807) is 0 Å². The highest BCUT2D eigenvalue weighted by Crippen LogP contribution is 2.29. The Morgan fingerprint density at radius 2 is 1.90 bits per heavy atom. The topological polar surface area (TPSA) is 43.8 Å². The van der Waals surface area contributed by atoms with Gasteiger partial charge in [0.1, 0.15) is 0 Å². The molecule has 1 fully saturated rings. The third-order valence-corrected chi connectivity index (χ3v) is 5.54. The van der Waals surface area contributed by atoms with Gasteiger partial charge in [0.05, 0.1) is 15.9 Å². The van der Waals surface area contributed by atoms with Gasteiger partial charge in [0.2, 0.25) is 0 Å². The summed E-state index contributed by atoms with van der Waals surface area (Å²) < 4.78 is 3.31. The fourth-order valence-corrected chi connectivity index (χ4v) is 4.07. The lowest BCUT2D eigenvalue weighted by atomic mass is 9.89. The third-order valence-electron chi connectivity index (χ3n) is 4.63. The summed E-state index contributed by atoms with van der Waals surface area (Å²) in [6.45, 7) is 5.23. The maximum atomic E-state index is 6.53. The van der Waals surface area contributed by atoms with Crippen LogP contribution in [0.3, 0.4) is 0 Å². The molecule has 0 saturated heterocycles. The lowest BCUT2D eigenvalue weighted by Crippen LogP contribution is -2.33. The number of halogens is 1. The average Bonchev–Trinajstić information content (AvgIpc) is 2.65. The lowest BCUT2D eigenvalue weighted by molar-refractivity contribution is 0.366. The van der Waals surface area contributed by atoms with Crippen LogP contribution in [0.2, 0.25) is 0 Å². The van der Waals surface area contributed by atoms with Crippen LogP contribution in [0.25, 0.3) is 0 Å². The minimum Gasteiger partial charge on any atom is -0.327 e. The van der Waals surface area contributed by atoms with E-state index in [4.69, 9.17) is 5.73 Å². The molecule has 1 aromatic heterocycles. The van der Waals surface area contributed by atoms with Crippen LogP contribution in [-0.2, 0) is 19.4 Å². The molecule has 1 heterocycles. The fourth-order valence-electron chi connectivity index (χ4n) is 3.34. The standard InChI is InChI=1S/C16H28BrN3/c1-3-14-16(17)15(20(4-2)19-14)11-13(18)12-9-7-5-6-8-10-12/h12-13H,3-11,18H2,1-2H3. The van der Waals surface area contributed by atoms with Crippen LogP contribution < -0.4 is 5.73 Å². The van der Waals surface area contributed by atoms with Gasteiger partial charge in [-0.1, -0.05) is 32.6 Å². The number of hydrogen-bond acceptors (Lipinski definition) is 2. The maximum absolute atomic E-state index is 6.53. The average molecular weight is 342 g/mol. The Bertz CT molecular complexity index is 420. The van der Waals surface area contributed by atoms with E-state index in [9.17, 15) is 0 Å². The number of aryl methyl sites for hydroxylation is 2. The van der Waals surface area contributed by atoms with Crippen molar-refractivity contribution in [2.45, 2.75) is 77.8 Å². The summed E-state index contributed by atoms with van der Waals surface area (Å²) in [7, 11) is 0. The minimum atomic E-state index is 0.274. The molecule has 1 aliphatic carbocycles. The predicted molar refractivity (Wildman–Crippen MR) is 87.9 cm³/mol. The number of rotatable bonds is 5. The smallest absolute Gasteiger partial charge is 0.0766 e. The van der Waals surface area contributed by atoms with Gasteiger partial charge in [-0.2, -0.15) is 5.10 Å². The van der Waals surface area contributed by atoms with Crippen LogP contribution in [0.4, 0.5) is 0 Å². The number of hydrogen-bond donors (Lipinski definition) is 1. The predicted octanol–water partition coefficient (Wildman–Crippen LogP) is 4.07. The molecule has 1 aliphatic rings. The first-order valence-corrected chi connectivity index (χ1v) is 8.96. The zero-order valence-electron chi connectivity index (χ0n) is 12.9. The van der Waals surface area contributed by atoms with Gasteiger partial charge < -0.3 is 5.73 Å². The highest BCUT2D eigenvalue weighted by Gasteiger charge is 2.23. The SMILES string of the molecule is CCc1nn(CC)c(CC(N)C2CCCCCC2)c1Br. The Labute approximate surface area is 131 Å². The molecule has 3 nitrogen and oxygen atoms in total. The van der Waals surface area contributed by atoms with Crippen molar-refractivity contribution in [3.63, 3.8) is 0 Å². The van der Waals surface area contributed by atoms with Gasteiger partial charge in [-0.15, -0.1) is 0 Å². The van der Waals surface area contributed by atoms with Crippen LogP contribution in [0.5, 0.6) is 0 Å². The van der Waals surface area contributed by atoms with E-state index in [1.165, 1.54) is 48.7 Å². The van der Waals surface area contributed by atoms with Crippen molar-refractivity contribution in [2.24, 2.45) is 11.7 Å². The van der Waals surface area contributed by atoms with E-state index in [0.29, 0.717) is 5.92 Å². The van der Waals surface area contributed by atoms with Gasteiger partial charge in [-0.25, -0.2) is 0 Å². The summed E-state index contributed by atoms with van der Waals surface area (Å²) in [5, 5.41) is 4.68. The first kappa shape index (κ1) is 16.0. The minimum absolute atomic E-state index is 0.274. The van der Waals surface area contributed by atoms with E-state index < -0.39 is 0 Å². The second-order valence-corrected chi connectivity index (χ2v) is 6.79. The highest BCUT2D eigenvalue weighted by molar-refractivity contribution is 9.10. The van der Waals surface area contributed by atoms with Crippen molar-refractivity contribution in [3.8, 4) is 0 Å². The second kappa shape index (κ2) is 7.60. The summed E-state index contributed by atoms with van der Waals surface area (Å²) in [6.07, 6.45) is 10.0. The molecule has 0 aliphatic heterocycles. The van der Waals surface area contributed by atoms with Gasteiger partial charge in [0, 0.05) is 19.0 Å². The van der Waals surface area contributed by atoms with Gasteiger partial charge >= 0.3 is 0 Å². The van der Waals surface area contributed by atoms with Gasteiger partial charge in [0.15, 0.2) is 0 Å². The van der Waals surface area contributed by atoms with E-state index in [2.05, 4.69) is 39.6 Å². The van der Waals surface area contributed by atoms with Crippen molar-refractivity contribution in [1.29, 1.82) is 0 Å². The van der Waals surface area contributed by atoms with E-state index in [0.717, 1.165) is 25.1 Å². The zero-order chi connectivity index (χ0) is 14.5. The van der Waals surface area contributed by atoms with Crippen LogP contribution in [0.15, 0.2) is 4.47 Å². The molecule has 0 spiro atoms. The molecule has 0 amide bonds. The summed E-state index contributed by atoms with van der Waals surface area (Å²) in [5.74, 6) is 0.690. The first-order valence-electron chi connectivity index (χ1n) is 8.17. The largest absolute Gasteiger partial charge is 0.327 e. The van der Waals surface area contributed by atoms with Crippen LogP contribution in [-0.4, -0.2) is 15.8 Å². The molecule has 0 radical (unpaired) electrons. The van der Waals surface area contributed by atoms with E-state index in [1.807, 2.05) is 0 Å². The molecule has 4 heteroatoms. The maximum Gasteiger partial charge on any atom is 0.0766 e. The molecule has 20 heavy (non-hydrogen) atoms. The van der Waals surface area contributed by atoms with Crippen molar-refractivity contribution in [3.05, 3.63) is 15.9 Å². The number of aromatic nitrogens is 2. The Kier molecular flexibility index (Phi) is 6.09. The van der Waals surface area contributed by atoms with Crippen molar-refractivity contribution >= 4 is 15.9 Å². The molecule has 2 N–H and O–H groups in total. The van der Waals surface area contributed by atoms with Crippen molar-refractivity contribution in [2.75, 3.05) is 0 Å². The number of nitrogens with two attached hydrogens (primary N) is 1. The normalized spacial score (nSPS) is 19.0. The molecular weight excluding hydrogens is 314 g/mol. The Hall–Kier alpha value is -0.350. The Balaban J connectivity index is 2.09.